The highest BCUT2D eigenvalue weighted by atomic mass is 14.9. The van der Waals surface area contributed by atoms with E-state index in [1.54, 1.807) is 0 Å². The van der Waals surface area contributed by atoms with Crippen LogP contribution in [0.3, 0.4) is 0 Å². The molecule has 0 radical (unpaired) electrons. The highest BCUT2D eigenvalue weighted by molar-refractivity contribution is 5.23. The summed E-state index contributed by atoms with van der Waals surface area (Å²) in [6, 6.07) is 9.07. The molecule has 1 aromatic carbocycles. The summed E-state index contributed by atoms with van der Waals surface area (Å²) in [6.07, 6.45) is 2.29. The predicted octanol–water partition coefficient (Wildman–Crippen LogP) is 3.82. The van der Waals surface area contributed by atoms with Crippen molar-refractivity contribution >= 4 is 0 Å². The van der Waals surface area contributed by atoms with Gasteiger partial charge >= 0.3 is 0 Å². The Labute approximate surface area is 107 Å². The van der Waals surface area contributed by atoms with Crippen LogP contribution < -0.4 is 5.32 Å². The van der Waals surface area contributed by atoms with Gasteiger partial charge in [0.05, 0.1) is 0 Å². The van der Waals surface area contributed by atoms with Crippen LogP contribution >= 0.6 is 0 Å². The molecule has 17 heavy (non-hydrogen) atoms. The fourth-order valence-electron chi connectivity index (χ4n) is 1.90. The first-order chi connectivity index (χ1) is 7.87. The Morgan fingerprint density at radius 2 is 1.53 bits per heavy atom. The van der Waals surface area contributed by atoms with Crippen LogP contribution in [0.25, 0.3) is 0 Å². The van der Waals surface area contributed by atoms with Gasteiger partial charge in [-0.1, -0.05) is 38.1 Å². The molecule has 0 unspecified atom stereocenters. The van der Waals surface area contributed by atoms with Crippen molar-refractivity contribution in [3.8, 4) is 0 Å². The van der Waals surface area contributed by atoms with Gasteiger partial charge < -0.3 is 5.32 Å². The van der Waals surface area contributed by atoms with Crippen molar-refractivity contribution in [1.29, 1.82) is 0 Å². The summed E-state index contributed by atoms with van der Waals surface area (Å²) in [4.78, 5) is 0. The summed E-state index contributed by atoms with van der Waals surface area (Å²) in [5.74, 6) is 0.739. The van der Waals surface area contributed by atoms with E-state index in [1.165, 1.54) is 17.5 Å². The van der Waals surface area contributed by atoms with Gasteiger partial charge in [-0.2, -0.15) is 0 Å². The van der Waals surface area contributed by atoms with Gasteiger partial charge in [0.2, 0.25) is 0 Å². The fraction of sp³-hybridized carbons (Fsp3) is 0.625. The molecular formula is C16H27N. The average Bonchev–Trinajstić information content (AvgIpc) is 2.18. The summed E-state index contributed by atoms with van der Waals surface area (Å²) in [7, 11) is 0. The Hall–Kier alpha value is -0.820. The molecule has 0 amide bonds. The minimum atomic E-state index is 0.220. The predicted molar refractivity (Wildman–Crippen MR) is 76.4 cm³/mol. The molecule has 0 bridgehead atoms. The minimum Gasteiger partial charge on any atom is -0.312 e. The van der Waals surface area contributed by atoms with Gasteiger partial charge in [-0.25, -0.2) is 0 Å². The molecule has 0 saturated heterocycles. The van der Waals surface area contributed by atoms with E-state index >= 15 is 0 Å². The van der Waals surface area contributed by atoms with E-state index in [1.807, 2.05) is 0 Å². The monoisotopic (exact) mass is 233 g/mol. The van der Waals surface area contributed by atoms with Crippen LogP contribution in [-0.4, -0.2) is 12.1 Å². The quantitative estimate of drug-likeness (QED) is 0.815. The van der Waals surface area contributed by atoms with E-state index in [-0.39, 0.29) is 5.54 Å². The smallest absolute Gasteiger partial charge is 0.00966 e. The first kappa shape index (κ1) is 14.2. The van der Waals surface area contributed by atoms with Crippen LogP contribution in [0.4, 0.5) is 0 Å². The zero-order chi connectivity index (χ0) is 12.9. The zero-order valence-electron chi connectivity index (χ0n) is 12.0. The van der Waals surface area contributed by atoms with E-state index in [2.05, 4.69) is 64.2 Å². The summed E-state index contributed by atoms with van der Waals surface area (Å²) in [5.41, 5.74) is 3.10. The lowest BCUT2D eigenvalue weighted by Crippen LogP contribution is -2.37. The first-order valence-corrected chi connectivity index (χ1v) is 6.69. The third-order valence-corrected chi connectivity index (χ3v) is 2.74. The summed E-state index contributed by atoms with van der Waals surface area (Å²) >= 11 is 0. The number of rotatable bonds is 5. The third kappa shape index (κ3) is 6.48. The van der Waals surface area contributed by atoms with Crippen molar-refractivity contribution in [1.82, 2.24) is 5.32 Å². The van der Waals surface area contributed by atoms with Crippen molar-refractivity contribution in [2.24, 2.45) is 5.92 Å². The molecule has 96 valence electrons. The summed E-state index contributed by atoms with van der Waals surface area (Å²) in [6.45, 7) is 12.2. The number of hydrogen-bond acceptors (Lipinski definition) is 1. The molecule has 0 fully saturated rings. The van der Waals surface area contributed by atoms with Crippen LogP contribution in [0.15, 0.2) is 24.3 Å². The fourth-order valence-corrected chi connectivity index (χ4v) is 1.90. The summed E-state index contributed by atoms with van der Waals surface area (Å²) < 4.78 is 0. The van der Waals surface area contributed by atoms with E-state index in [0.29, 0.717) is 0 Å². The van der Waals surface area contributed by atoms with Gasteiger partial charge in [0.25, 0.3) is 0 Å². The average molecular weight is 233 g/mol. The van der Waals surface area contributed by atoms with Crippen molar-refractivity contribution in [2.75, 3.05) is 6.54 Å². The maximum Gasteiger partial charge on any atom is 0.00966 e. The van der Waals surface area contributed by atoms with Crippen molar-refractivity contribution in [3.63, 3.8) is 0 Å². The zero-order valence-corrected chi connectivity index (χ0v) is 12.0. The van der Waals surface area contributed by atoms with Crippen LogP contribution in [-0.2, 0) is 12.8 Å². The van der Waals surface area contributed by atoms with Crippen molar-refractivity contribution < 1.29 is 0 Å². The second-order valence-electron chi connectivity index (χ2n) is 6.34. The molecule has 1 rings (SSSR count). The molecule has 1 nitrogen and oxygen atoms in total. The van der Waals surface area contributed by atoms with Gasteiger partial charge in [-0.15, -0.1) is 0 Å². The summed E-state index contributed by atoms with van der Waals surface area (Å²) in [5, 5.41) is 3.52. The Bertz CT molecular complexity index is 316. The second kappa shape index (κ2) is 6.20. The molecule has 1 heteroatoms. The molecule has 0 spiro atoms. The van der Waals surface area contributed by atoms with E-state index in [0.717, 1.165) is 18.9 Å². The number of nitrogens with one attached hydrogen (secondary N) is 1. The molecule has 1 aromatic rings. The van der Waals surface area contributed by atoms with Crippen molar-refractivity contribution in [3.05, 3.63) is 35.4 Å². The molecule has 0 aliphatic rings. The van der Waals surface area contributed by atoms with Crippen LogP contribution in [0.1, 0.15) is 45.7 Å². The third-order valence-electron chi connectivity index (χ3n) is 2.74. The lowest BCUT2D eigenvalue weighted by atomic mass is 10.0. The van der Waals surface area contributed by atoms with E-state index in [4.69, 9.17) is 0 Å². The number of hydrogen-bond donors (Lipinski definition) is 1. The largest absolute Gasteiger partial charge is 0.312 e. The van der Waals surface area contributed by atoms with Crippen LogP contribution in [0.2, 0.25) is 0 Å². The van der Waals surface area contributed by atoms with Gasteiger partial charge in [0, 0.05) is 5.54 Å². The van der Waals surface area contributed by atoms with Gasteiger partial charge in [-0.3, -0.25) is 0 Å². The second-order valence-corrected chi connectivity index (χ2v) is 6.34. The van der Waals surface area contributed by atoms with Gasteiger partial charge in [0.1, 0.15) is 0 Å². The Morgan fingerprint density at radius 3 is 2.00 bits per heavy atom. The van der Waals surface area contributed by atoms with E-state index in [9.17, 15) is 0 Å². The maximum absolute atomic E-state index is 3.52. The number of benzene rings is 1. The molecular weight excluding hydrogens is 206 g/mol. The first-order valence-electron chi connectivity index (χ1n) is 6.69. The normalized spacial score (nSPS) is 12.1. The highest BCUT2D eigenvalue weighted by Gasteiger charge is 2.07. The van der Waals surface area contributed by atoms with Crippen LogP contribution in [0.5, 0.6) is 0 Å². The van der Waals surface area contributed by atoms with Gasteiger partial charge in [-0.05, 0) is 57.2 Å². The topological polar surface area (TPSA) is 12.0 Å². The SMILES string of the molecule is CC(C)Cc1ccc(CCNC(C)(C)C)cc1. The lowest BCUT2D eigenvalue weighted by Gasteiger charge is -2.20. The van der Waals surface area contributed by atoms with Crippen molar-refractivity contribution in [2.45, 2.75) is 53.0 Å². The van der Waals surface area contributed by atoms with Crippen LogP contribution in [0, 0.1) is 5.92 Å². The highest BCUT2D eigenvalue weighted by Crippen LogP contribution is 2.10. The Kier molecular flexibility index (Phi) is 5.20. The lowest BCUT2D eigenvalue weighted by molar-refractivity contribution is 0.429. The minimum absolute atomic E-state index is 0.220. The Morgan fingerprint density at radius 1 is 1.00 bits per heavy atom. The molecule has 0 heterocycles. The standard InChI is InChI=1S/C16H27N/c1-13(2)12-15-8-6-14(7-9-15)10-11-17-16(3,4)5/h6-9,13,17H,10-12H2,1-5H3. The Balaban J connectivity index is 2.40. The molecule has 0 aliphatic carbocycles. The molecule has 0 aromatic heterocycles. The van der Waals surface area contributed by atoms with Gasteiger partial charge in [0.15, 0.2) is 0 Å². The molecule has 0 saturated carbocycles. The molecule has 0 aliphatic heterocycles. The van der Waals surface area contributed by atoms with E-state index < -0.39 is 0 Å². The molecule has 0 atom stereocenters. The maximum atomic E-state index is 3.52. The molecule has 1 N–H and O–H groups in total.